The Balaban J connectivity index is 1.75. The highest BCUT2D eigenvalue weighted by Gasteiger charge is 2.33. The van der Waals surface area contributed by atoms with Gasteiger partial charge in [-0.25, -0.2) is 13.2 Å². The fraction of sp³-hybridized carbons (Fsp3) is 0.0714. The van der Waals surface area contributed by atoms with Crippen LogP contribution in [0.3, 0.4) is 0 Å². The monoisotopic (exact) mass is 485 g/mol. The summed E-state index contributed by atoms with van der Waals surface area (Å²) in [4.78, 5) is 25.9. The van der Waals surface area contributed by atoms with Crippen molar-refractivity contribution in [3.63, 3.8) is 0 Å². The Kier molecular flexibility index (Phi) is 6.80. The lowest BCUT2D eigenvalue weighted by molar-refractivity contribution is 0.0734. The number of carbonyl (C=O) groups excluding carboxylic acids is 2. The summed E-state index contributed by atoms with van der Waals surface area (Å²) in [6, 6.07) is 27.5. The quantitative estimate of drug-likeness (QED) is 0.264. The smallest absolute Gasteiger partial charge is 0.343 e. The van der Waals surface area contributed by atoms with E-state index in [0.717, 1.165) is 9.87 Å². The first-order chi connectivity index (χ1) is 16.8. The van der Waals surface area contributed by atoms with Gasteiger partial charge in [0, 0.05) is 5.56 Å². The van der Waals surface area contributed by atoms with E-state index < -0.39 is 21.9 Å². The SMILES string of the molecule is Cc1ccc(S(=O)(=O)N(C(=O)c2ccccc2)c2ccc(OC(=O)c3ccccc3)cc2C)cc1. The molecule has 0 atom stereocenters. The molecule has 35 heavy (non-hydrogen) atoms. The van der Waals surface area contributed by atoms with E-state index in [2.05, 4.69) is 0 Å². The number of anilines is 1. The molecule has 0 aliphatic rings. The lowest BCUT2D eigenvalue weighted by Crippen LogP contribution is -2.37. The van der Waals surface area contributed by atoms with Gasteiger partial charge >= 0.3 is 5.97 Å². The maximum absolute atomic E-state index is 13.7. The topological polar surface area (TPSA) is 80.8 Å². The van der Waals surface area contributed by atoms with Crippen LogP contribution in [0.1, 0.15) is 31.8 Å². The van der Waals surface area contributed by atoms with Crippen LogP contribution in [0.2, 0.25) is 0 Å². The number of sulfonamides is 1. The van der Waals surface area contributed by atoms with E-state index in [9.17, 15) is 18.0 Å². The summed E-state index contributed by atoms with van der Waals surface area (Å²) in [7, 11) is -4.24. The summed E-state index contributed by atoms with van der Waals surface area (Å²) in [5.41, 5.74) is 2.12. The Labute approximate surface area is 204 Å². The van der Waals surface area contributed by atoms with Gasteiger partial charge in [0.05, 0.1) is 16.1 Å². The average molecular weight is 486 g/mol. The third-order valence-corrected chi connectivity index (χ3v) is 7.08. The molecule has 0 radical (unpaired) electrons. The van der Waals surface area contributed by atoms with Gasteiger partial charge in [-0.3, -0.25) is 4.79 Å². The summed E-state index contributed by atoms with van der Waals surface area (Å²) in [5, 5.41) is 0. The largest absolute Gasteiger partial charge is 0.423 e. The molecule has 0 unspecified atom stereocenters. The molecule has 4 rings (SSSR count). The summed E-state index contributed by atoms with van der Waals surface area (Å²) in [6.07, 6.45) is 0. The second kappa shape index (κ2) is 9.95. The normalized spacial score (nSPS) is 11.0. The third-order valence-electron chi connectivity index (χ3n) is 5.37. The predicted molar refractivity (Wildman–Crippen MR) is 134 cm³/mol. The second-order valence-corrected chi connectivity index (χ2v) is 9.74. The number of ether oxygens (including phenoxy) is 1. The molecule has 0 aliphatic heterocycles. The maximum atomic E-state index is 13.7. The van der Waals surface area contributed by atoms with Crippen molar-refractivity contribution in [3.8, 4) is 5.75 Å². The lowest BCUT2D eigenvalue weighted by Gasteiger charge is -2.25. The van der Waals surface area contributed by atoms with Crippen LogP contribution in [0.5, 0.6) is 5.75 Å². The molecule has 0 N–H and O–H groups in total. The summed E-state index contributed by atoms with van der Waals surface area (Å²) < 4.78 is 33.6. The first-order valence-corrected chi connectivity index (χ1v) is 12.3. The Morgan fingerprint density at radius 1 is 0.714 bits per heavy atom. The highest BCUT2D eigenvalue weighted by atomic mass is 32.2. The number of amides is 1. The lowest BCUT2D eigenvalue weighted by atomic mass is 10.1. The van der Waals surface area contributed by atoms with Gasteiger partial charge in [-0.05, 0) is 74.0 Å². The van der Waals surface area contributed by atoms with Gasteiger partial charge in [0.25, 0.3) is 15.9 Å². The van der Waals surface area contributed by atoms with Crippen LogP contribution >= 0.6 is 0 Å². The summed E-state index contributed by atoms with van der Waals surface area (Å²) in [5.74, 6) is -0.995. The van der Waals surface area contributed by atoms with E-state index in [1.54, 1.807) is 79.7 Å². The van der Waals surface area contributed by atoms with Crippen LogP contribution in [0.15, 0.2) is 108 Å². The number of hydrogen-bond acceptors (Lipinski definition) is 5. The highest BCUT2D eigenvalue weighted by Crippen LogP contribution is 2.31. The summed E-state index contributed by atoms with van der Waals surface area (Å²) >= 11 is 0. The van der Waals surface area contributed by atoms with Crippen molar-refractivity contribution >= 4 is 27.6 Å². The third kappa shape index (κ3) is 5.15. The number of esters is 1. The molecule has 0 aromatic heterocycles. The van der Waals surface area contributed by atoms with Gasteiger partial charge in [0.1, 0.15) is 5.75 Å². The number of carbonyl (C=O) groups is 2. The van der Waals surface area contributed by atoms with E-state index in [1.165, 1.54) is 30.3 Å². The highest BCUT2D eigenvalue weighted by molar-refractivity contribution is 7.93. The number of nitrogens with zero attached hydrogens (tertiary/aromatic N) is 1. The molecular weight excluding hydrogens is 462 g/mol. The molecule has 4 aromatic rings. The standard InChI is InChI=1S/C28H23NO5S/c1-20-13-16-25(17-14-20)35(32,33)29(27(30)22-9-5-3-6-10-22)26-18-15-24(19-21(26)2)34-28(31)23-11-7-4-8-12-23/h3-19H,1-2H3. The minimum absolute atomic E-state index is 0.00800. The van der Waals surface area contributed by atoms with Crippen LogP contribution in [0.25, 0.3) is 0 Å². The van der Waals surface area contributed by atoms with Crippen molar-refractivity contribution in [2.24, 2.45) is 0 Å². The minimum Gasteiger partial charge on any atom is -0.423 e. The van der Waals surface area contributed by atoms with Crippen LogP contribution < -0.4 is 9.04 Å². The first kappa shape index (κ1) is 23.9. The molecule has 4 aromatic carbocycles. The summed E-state index contributed by atoms with van der Waals surface area (Å²) in [6.45, 7) is 3.51. The zero-order valence-electron chi connectivity index (χ0n) is 19.2. The molecule has 176 valence electrons. The van der Waals surface area contributed by atoms with Crippen molar-refractivity contribution in [1.29, 1.82) is 0 Å². The Hall–Kier alpha value is -4.23. The van der Waals surface area contributed by atoms with Crippen molar-refractivity contribution in [2.45, 2.75) is 18.7 Å². The molecule has 0 fully saturated rings. The zero-order chi connectivity index (χ0) is 25.0. The van der Waals surface area contributed by atoms with Gasteiger partial charge in [-0.15, -0.1) is 0 Å². The fourth-order valence-corrected chi connectivity index (χ4v) is 5.00. The number of aryl methyl sites for hydroxylation is 2. The van der Waals surface area contributed by atoms with Gasteiger partial charge in [-0.1, -0.05) is 54.1 Å². The van der Waals surface area contributed by atoms with E-state index in [-0.39, 0.29) is 21.9 Å². The number of hydrogen-bond donors (Lipinski definition) is 0. The van der Waals surface area contributed by atoms with Crippen molar-refractivity contribution < 1.29 is 22.7 Å². The van der Waals surface area contributed by atoms with Gasteiger partial charge < -0.3 is 4.74 Å². The Bertz CT molecular complexity index is 1470. The van der Waals surface area contributed by atoms with Crippen molar-refractivity contribution in [3.05, 3.63) is 125 Å². The maximum Gasteiger partial charge on any atom is 0.343 e. The van der Waals surface area contributed by atoms with E-state index in [4.69, 9.17) is 4.74 Å². The minimum atomic E-state index is -4.24. The molecule has 6 nitrogen and oxygen atoms in total. The molecule has 0 bridgehead atoms. The van der Waals surface area contributed by atoms with Crippen LogP contribution in [-0.4, -0.2) is 20.3 Å². The molecule has 0 heterocycles. The zero-order valence-corrected chi connectivity index (χ0v) is 20.0. The van der Waals surface area contributed by atoms with Gasteiger partial charge in [-0.2, -0.15) is 4.31 Å². The van der Waals surface area contributed by atoms with Crippen molar-refractivity contribution in [2.75, 3.05) is 4.31 Å². The molecule has 0 saturated carbocycles. The number of benzene rings is 4. The Morgan fingerprint density at radius 2 is 1.29 bits per heavy atom. The average Bonchev–Trinajstić information content (AvgIpc) is 2.86. The fourth-order valence-electron chi connectivity index (χ4n) is 3.52. The predicted octanol–water partition coefficient (Wildman–Crippen LogP) is 5.56. The van der Waals surface area contributed by atoms with Crippen LogP contribution in [-0.2, 0) is 10.0 Å². The van der Waals surface area contributed by atoms with Crippen molar-refractivity contribution in [1.82, 2.24) is 0 Å². The van der Waals surface area contributed by atoms with Crippen LogP contribution in [0.4, 0.5) is 5.69 Å². The molecular formula is C28H23NO5S. The van der Waals surface area contributed by atoms with E-state index in [0.29, 0.717) is 11.1 Å². The van der Waals surface area contributed by atoms with E-state index in [1.807, 2.05) is 6.92 Å². The second-order valence-electron chi connectivity index (χ2n) is 7.96. The van der Waals surface area contributed by atoms with Gasteiger partial charge in [0.15, 0.2) is 0 Å². The Morgan fingerprint density at radius 3 is 1.86 bits per heavy atom. The molecule has 0 aliphatic carbocycles. The first-order valence-electron chi connectivity index (χ1n) is 10.9. The molecule has 7 heteroatoms. The number of rotatable bonds is 6. The molecule has 0 spiro atoms. The van der Waals surface area contributed by atoms with Crippen LogP contribution in [0, 0.1) is 13.8 Å². The van der Waals surface area contributed by atoms with Gasteiger partial charge in [0.2, 0.25) is 0 Å². The van der Waals surface area contributed by atoms with E-state index >= 15 is 0 Å². The molecule has 0 saturated heterocycles. The molecule has 1 amide bonds.